The largest absolute Gasteiger partial charge is 0.545 e. The molecule has 0 spiro atoms. The smallest absolute Gasteiger partial charge is 0.0728 e. The minimum atomic E-state index is -2.18. The average molecular weight is 250 g/mol. The molecule has 1 aromatic rings. The Morgan fingerprint density at radius 3 is 1.06 bits per heavy atom. The van der Waals surface area contributed by atoms with Gasteiger partial charge in [-0.2, -0.15) is 0 Å². The molecular formula is C10H2O8-4. The summed E-state index contributed by atoms with van der Waals surface area (Å²) in [4.78, 5) is 42.6. The minimum Gasteiger partial charge on any atom is -0.545 e. The highest BCUT2D eigenvalue weighted by Gasteiger charge is 2.16. The van der Waals surface area contributed by atoms with Gasteiger partial charge in [0, 0.05) is 22.3 Å². The molecule has 0 aliphatic heterocycles. The van der Waals surface area contributed by atoms with E-state index in [4.69, 9.17) is 0 Å². The SMILES string of the molecule is O=C([O-])c1ccc(C(=O)[O-])c(C(=O)[O-])c1C(=O)[O-]. The summed E-state index contributed by atoms with van der Waals surface area (Å²) in [5, 5.41) is 42.6. The van der Waals surface area contributed by atoms with Crippen LogP contribution in [-0.2, 0) is 0 Å². The summed E-state index contributed by atoms with van der Waals surface area (Å²) in [5.74, 6) is -8.36. The second-order valence-electron chi connectivity index (χ2n) is 3.06. The summed E-state index contributed by atoms with van der Waals surface area (Å²) in [6, 6.07) is 1.14. The van der Waals surface area contributed by atoms with Gasteiger partial charge in [0.2, 0.25) is 0 Å². The lowest BCUT2D eigenvalue weighted by atomic mass is 9.95. The third-order valence-corrected chi connectivity index (χ3v) is 2.05. The van der Waals surface area contributed by atoms with Crippen molar-refractivity contribution in [2.24, 2.45) is 0 Å². The summed E-state index contributed by atoms with van der Waals surface area (Å²) in [5.41, 5.74) is -4.73. The maximum Gasteiger partial charge on any atom is 0.0728 e. The first-order valence-electron chi connectivity index (χ1n) is 4.29. The van der Waals surface area contributed by atoms with E-state index in [1.807, 2.05) is 0 Å². The Morgan fingerprint density at radius 2 is 0.889 bits per heavy atom. The molecule has 0 unspecified atom stereocenters. The predicted octanol–water partition coefficient (Wildman–Crippen LogP) is -4.86. The molecule has 8 nitrogen and oxygen atoms in total. The lowest BCUT2D eigenvalue weighted by Crippen LogP contribution is -2.37. The van der Waals surface area contributed by atoms with E-state index in [1.54, 1.807) is 0 Å². The van der Waals surface area contributed by atoms with Gasteiger partial charge < -0.3 is 39.6 Å². The Morgan fingerprint density at radius 1 is 0.611 bits per heavy atom. The van der Waals surface area contributed by atoms with Gasteiger partial charge in [-0.25, -0.2) is 0 Å². The van der Waals surface area contributed by atoms with Gasteiger partial charge in [-0.15, -0.1) is 0 Å². The van der Waals surface area contributed by atoms with E-state index in [1.165, 1.54) is 0 Å². The van der Waals surface area contributed by atoms with Crippen molar-refractivity contribution >= 4 is 23.9 Å². The monoisotopic (exact) mass is 250 g/mol. The molecule has 0 amide bonds. The quantitative estimate of drug-likeness (QED) is 0.513. The maximum atomic E-state index is 10.7. The van der Waals surface area contributed by atoms with Crippen LogP contribution in [-0.4, -0.2) is 23.9 Å². The molecular weight excluding hydrogens is 248 g/mol. The molecule has 0 fully saturated rings. The highest BCUT2D eigenvalue weighted by atomic mass is 16.4. The number of carboxylic acid groups (broad SMARTS) is 4. The molecule has 8 heteroatoms. The first-order chi connectivity index (χ1) is 8.27. The van der Waals surface area contributed by atoms with Gasteiger partial charge in [-0.1, -0.05) is 12.1 Å². The van der Waals surface area contributed by atoms with Crippen molar-refractivity contribution in [1.82, 2.24) is 0 Å². The van der Waals surface area contributed by atoms with Crippen LogP contribution in [0.25, 0.3) is 0 Å². The third kappa shape index (κ3) is 2.12. The molecule has 0 N–H and O–H groups in total. The number of aromatic carboxylic acids is 4. The van der Waals surface area contributed by atoms with Gasteiger partial charge in [0.15, 0.2) is 0 Å². The van der Waals surface area contributed by atoms with Crippen molar-refractivity contribution in [2.75, 3.05) is 0 Å². The number of carboxylic acids is 4. The first-order valence-corrected chi connectivity index (χ1v) is 4.29. The summed E-state index contributed by atoms with van der Waals surface area (Å²) in [6.07, 6.45) is 0. The Kier molecular flexibility index (Phi) is 3.32. The zero-order valence-corrected chi connectivity index (χ0v) is 8.42. The van der Waals surface area contributed by atoms with Crippen LogP contribution in [0, 0.1) is 0 Å². The fourth-order valence-corrected chi connectivity index (χ4v) is 1.37. The number of hydrogen-bond acceptors (Lipinski definition) is 8. The van der Waals surface area contributed by atoms with Crippen LogP contribution in [0.1, 0.15) is 41.4 Å². The van der Waals surface area contributed by atoms with Crippen LogP contribution in [0.4, 0.5) is 0 Å². The number of carbonyl (C=O) groups excluding carboxylic acids is 4. The molecule has 94 valence electrons. The van der Waals surface area contributed by atoms with E-state index >= 15 is 0 Å². The first kappa shape index (κ1) is 13.2. The van der Waals surface area contributed by atoms with Crippen LogP contribution < -0.4 is 20.4 Å². The van der Waals surface area contributed by atoms with E-state index in [0.717, 1.165) is 0 Å². The van der Waals surface area contributed by atoms with Crippen LogP contribution in [0.15, 0.2) is 12.1 Å². The summed E-state index contributed by atoms with van der Waals surface area (Å²) >= 11 is 0. The maximum absolute atomic E-state index is 10.7. The van der Waals surface area contributed by atoms with Crippen LogP contribution in [0.3, 0.4) is 0 Å². The third-order valence-electron chi connectivity index (χ3n) is 2.05. The van der Waals surface area contributed by atoms with Crippen LogP contribution in [0.2, 0.25) is 0 Å². The molecule has 1 aromatic carbocycles. The minimum absolute atomic E-state index is 0.567. The lowest BCUT2D eigenvalue weighted by molar-refractivity contribution is -0.262. The molecule has 0 radical (unpaired) electrons. The van der Waals surface area contributed by atoms with Gasteiger partial charge in [0.05, 0.1) is 23.9 Å². The van der Waals surface area contributed by atoms with Crippen molar-refractivity contribution in [3.05, 3.63) is 34.4 Å². The molecule has 0 bridgehead atoms. The highest BCUT2D eigenvalue weighted by molar-refractivity contribution is 6.12. The van der Waals surface area contributed by atoms with E-state index in [-0.39, 0.29) is 0 Å². The summed E-state index contributed by atoms with van der Waals surface area (Å²) < 4.78 is 0. The van der Waals surface area contributed by atoms with Gasteiger partial charge >= 0.3 is 0 Å². The Labute approximate surface area is 98.7 Å². The molecule has 0 atom stereocenters. The molecule has 0 saturated heterocycles. The van der Waals surface area contributed by atoms with Crippen molar-refractivity contribution in [2.45, 2.75) is 0 Å². The number of benzene rings is 1. The van der Waals surface area contributed by atoms with Gasteiger partial charge in [0.25, 0.3) is 0 Å². The molecule has 0 saturated carbocycles. The standard InChI is InChI=1S/C10H6O8/c11-7(12)3-1-2-4(8(13)14)6(10(17)18)5(3)9(15)16/h1-2H,(H,11,12)(H,13,14)(H,15,16)(H,17,18)/p-4. The fourth-order valence-electron chi connectivity index (χ4n) is 1.37. The van der Waals surface area contributed by atoms with Crippen molar-refractivity contribution in [3.63, 3.8) is 0 Å². The zero-order valence-electron chi connectivity index (χ0n) is 8.42. The number of hydrogen-bond donors (Lipinski definition) is 0. The van der Waals surface area contributed by atoms with Crippen LogP contribution in [0.5, 0.6) is 0 Å². The van der Waals surface area contributed by atoms with E-state index in [2.05, 4.69) is 0 Å². The zero-order chi connectivity index (χ0) is 14.0. The molecule has 18 heavy (non-hydrogen) atoms. The lowest BCUT2D eigenvalue weighted by Gasteiger charge is -2.20. The molecule has 1 rings (SSSR count). The normalized spacial score (nSPS) is 9.78. The molecule has 0 aliphatic rings. The Bertz CT molecular complexity index is 520. The second kappa shape index (κ2) is 4.53. The Balaban J connectivity index is 3.82. The fraction of sp³-hybridized carbons (Fsp3) is 0. The molecule has 0 aliphatic carbocycles. The van der Waals surface area contributed by atoms with E-state index in [9.17, 15) is 39.6 Å². The van der Waals surface area contributed by atoms with Gasteiger partial charge in [-0.3, -0.25) is 0 Å². The van der Waals surface area contributed by atoms with Crippen molar-refractivity contribution in [3.8, 4) is 0 Å². The molecule has 0 heterocycles. The Hall–Kier alpha value is -2.90. The number of rotatable bonds is 4. The van der Waals surface area contributed by atoms with Crippen molar-refractivity contribution < 1.29 is 39.6 Å². The highest BCUT2D eigenvalue weighted by Crippen LogP contribution is 2.18. The average Bonchev–Trinajstić information content (AvgIpc) is 2.26. The number of carbonyl (C=O) groups is 4. The second-order valence-corrected chi connectivity index (χ2v) is 3.06. The van der Waals surface area contributed by atoms with Gasteiger partial charge in [0.1, 0.15) is 0 Å². The summed E-state index contributed by atoms with van der Waals surface area (Å²) in [7, 11) is 0. The molecule has 0 aromatic heterocycles. The summed E-state index contributed by atoms with van der Waals surface area (Å²) in [6.45, 7) is 0. The van der Waals surface area contributed by atoms with Gasteiger partial charge in [-0.05, 0) is 0 Å². The van der Waals surface area contributed by atoms with Crippen molar-refractivity contribution in [1.29, 1.82) is 0 Å². The predicted molar refractivity (Wildman–Crippen MR) is 43.8 cm³/mol. The van der Waals surface area contributed by atoms with E-state index < -0.39 is 46.1 Å². The van der Waals surface area contributed by atoms with Crippen LogP contribution >= 0.6 is 0 Å². The van der Waals surface area contributed by atoms with E-state index in [0.29, 0.717) is 12.1 Å². The topological polar surface area (TPSA) is 161 Å².